The van der Waals surface area contributed by atoms with E-state index in [9.17, 15) is 9.59 Å². The molecule has 156 valence electrons. The van der Waals surface area contributed by atoms with Gasteiger partial charge in [-0.1, -0.05) is 30.6 Å². The van der Waals surface area contributed by atoms with Gasteiger partial charge in [0.1, 0.15) is 6.04 Å². The second-order valence-corrected chi connectivity index (χ2v) is 8.38. The number of amides is 2. The Labute approximate surface area is 175 Å². The first kappa shape index (κ1) is 21.3. The van der Waals surface area contributed by atoms with E-state index in [1.165, 1.54) is 0 Å². The number of carbonyl (C=O) groups is 2. The van der Waals surface area contributed by atoms with Gasteiger partial charge in [-0.25, -0.2) is 0 Å². The topological polar surface area (TPSA) is 88.3 Å². The van der Waals surface area contributed by atoms with E-state index in [0.29, 0.717) is 41.8 Å². The summed E-state index contributed by atoms with van der Waals surface area (Å²) in [7, 11) is 0. The maximum atomic E-state index is 13.1. The van der Waals surface area contributed by atoms with Crippen molar-refractivity contribution in [3.05, 3.63) is 46.6 Å². The number of benzene rings is 1. The lowest BCUT2D eigenvalue weighted by atomic mass is 9.95. The SMILES string of the molecule is Cc1noc(C2CCN(C(=O)C(CC(C)C)NC(=O)c3ccc(Cl)cc3)CC2)n1. The predicted molar refractivity (Wildman–Crippen MR) is 110 cm³/mol. The summed E-state index contributed by atoms with van der Waals surface area (Å²) in [5.74, 6) is 1.41. The third-order valence-electron chi connectivity index (χ3n) is 5.12. The molecular weight excluding hydrogens is 392 g/mol. The molecule has 1 aliphatic heterocycles. The molecule has 1 N–H and O–H groups in total. The van der Waals surface area contributed by atoms with Gasteiger partial charge >= 0.3 is 0 Å². The molecule has 1 fully saturated rings. The number of halogens is 1. The van der Waals surface area contributed by atoms with Gasteiger partial charge in [0.05, 0.1) is 0 Å². The molecule has 0 bridgehead atoms. The van der Waals surface area contributed by atoms with Gasteiger partial charge in [0.25, 0.3) is 5.91 Å². The van der Waals surface area contributed by atoms with Crippen molar-refractivity contribution in [2.45, 2.75) is 52.0 Å². The van der Waals surface area contributed by atoms with Gasteiger partial charge in [-0.15, -0.1) is 0 Å². The summed E-state index contributed by atoms with van der Waals surface area (Å²) in [4.78, 5) is 31.9. The van der Waals surface area contributed by atoms with Crippen molar-refractivity contribution >= 4 is 23.4 Å². The van der Waals surface area contributed by atoms with Crippen LogP contribution in [0.3, 0.4) is 0 Å². The molecule has 29 heavy (non-hydrogen) atoms. The Hall–Kier alpha value is -2.41. The third kappa shape index (κ3) is 5.56. The molecule has 1 aliphatic rings. The molecule has 1 atom stereocenters. The van der Waals surface area contributed by atoms with Crippen LogP contribution < -0.4 is 5.32 Å². The Balaban J connectivity index is 1.63. The van der Waals surface area contributed by atoms with Gasteiger partial charge in [-0.05, 0) is 56.4 Å². The predicted octanol–water partition coefficient (Wildman–Crippen LogP) is 3.58. The molecule has 0 radical (unpaired) electrons. The van der Waals surface area contributed by atoms with E-state index in [4.69, 9.17) is 16.1 Å². The summed E-state index contributed by atoms with van der Waals surface area (Å²) < 4.78 is 5.28. The van der Waals surface area contributed by atoms with Gasteiger partial charge in [-0.2, -0.15) is 4.98 Å². The summed E-state index contributed by atoms with van der Waals surface area (Å²) in [6.45, 7) is 7.09. The number of nitrogens with zero attached hydrogens (tertiary/aromatic N) is 3. The summed E-state index contributed by atoms with van der Waals surface area (Å²) in [5.41, 5.74) is 0.487. The van der Waals surface area contributed by atoms with Gasteiger partial charge in [-0.3, -0.25) is 9.59 Å². The first-order chi connectivity index (χ1) is 13.8. The van der Waals surface area contributed by atoms with Crippen LogP contribution in [0, 0.1) is 12.8 Å². The minimum absolute atomic E-state index is 0.0406. The summed E-state index contributed by atoms with van der Waals surface area (Å²) >= 11 is 5.89. The molecule has 3 rings (SSSR count). The fourth-order valence-electron chi connectivity index (χ4n) is 3.58. The number of aryl methyl sites for hydroxylation is 1. The lowest BCUT2D eigenvalue weighted by molar-refractivity contribution is -0.134. The zero-order chi connectivity index (χ0) is 21.0. The second kappa shape index (κ2) is 9.39. The zero-order valence-electron chi connectivity index (χ0n) is 17.0. The summed E-state index contributed by atoms with van der Waals surface area (Å²) in [5, 5.41) is 7.33. The van der Waals surface area contributed by atoms with Crippen LogP contribution in [-0.2, 0) is 4.79 Å². The quantitative estimate of drug-likeness (QED) is 0.774. The summed E-state index contributed by atoms with van der Waals surface area (Å²) in [6.07, 6.45) is 2.13. The fraction of sp³-hybridized carbons (Fsp3) is 0.524. The van der Waals surface area contributed by atoms with Crippen molar-refractivity contribution in [2.24, 2.45) is 5.92 Å². The maximum Gasteiger partial charge on any atom is 0.251 e. The fourth-order valence-corrected chi connectivity index (χ4v) is 3.71. The molecule has 7 nitrogen and oxygen atoms in total. The van der Waals surface area contributed by atoms with E-state index in [-0.39, 0.29) is 23.7 Å². The average Bonchev–Trinajstić information content (AvgIpc) is 3.13. The second-order valence-electron chi connectivity index (χ2n) is 7.94. The Bertz CT molecular complexity index is 842. The van der Waals surface area contributed by atoms with E-state index >= 15 is 0 Å². The minimum atomic E-state index is -0.555. The van der Waals surface area contributed by atoms with Crippen molar-refractivity contribution in [3.8, 4) is 0 Å². The number of hydrogen-bond donors (Lipinski definition) is 1. The molecular formula is C21H27ClN4O3. The molecule has 1 saturated heterocycles. The summed E-state index contributed by atoms with van der Waals surface area (Å²) in [6, 6.07) is 6.10. The normalized spacial score (nSPS) is 16.1. The number of aromatic nitrogens is 2. The van der Waals surface area contributed by atoms with Crippen LogP contribution in [-0.4, -0.2) is 46.0 Å². The van der Waals surface area contributed by atoms with Crippen molar-refractivity contribution in [3.63, 3.8) is 0 Å². The van der Waals surface area contributed by atoms with Crippen molar-refractivity contribution < 1.29 is 14.1 Å². The Morgan fingerprint density at radius 1 is 1.24 bits per heavy atom. The molecule has 0 spiro atoms. The van der Waals surface area contributed by atoms with Crippen LogP contribution in [0.2, 0.25) is 5.02 Å². The van der Waals surface area contributed by atoms with E-state index < -0.39 is 6.04 Å². The number of nitrogens with one attached hydrogen (secondary N) is 1. The number of rotatable bonds is 6. The van der Waals surface area contributed by atoms with Crippen molar-refractivity contribution in [1.82, 2.24) is 20.4 Å². The molecule has 0 aliphatic carbocycles. The van der Waals surface area contributed by atoms with E-state index in [2.05, 4.69) is 15.5 Å². The molecule has 0 saturated carbocycles. The van der Waals surface area contributed by atoms with Crippen LogP contribution in [0.5, 0.6) is 0 Å². The van der Waals surface area contributed by atoms with Gasteiger partial charge in [0, 0.05) is 29.6 Å². The van der Waals surface area contributed by atoms with Crippen LogP contribution in [0.4, 0.5) is 0 Å². The van der Waals surface area contributed by atoms with E-state index in [0.717, 1.165) is 12.8 Å². The van der Waals surface area contributed by atoms with Crippen molar-refractivity contribution in [2.75, 3.05) is 13.1 Å². The Morgan fingerprint density at radius 2 is 1.90 bits per heavy atom. The number of carbonyl (C=O) groups excluding carboxylic acids is 2. The van der Waals surface area contributed by atoms with Crippen LogP contribution in [0.15, 0.2) is 28.8 Å². The minimum Gasteiger partial charge on any atom is -0.341 e. The van der Waals surface area contributed by atoms with Crippen LogP contribution in [0.1, 0.15) is 61.1 Å². The number of likely N-dealkylation sites (tertiary alicyclic amines) is 1. The highest BCUT2D eigenvalue weighted by Gasteiger charge is 2.32. The maximum absolute atomic E-state index is 13.1. The monoisotopic (exact) mass is 418 g/mol. The highest BCUT2D eigenvalue weighted by atomic mass is 35.5. The smallest absolute Gasteiger partial charge is 0.251 e. The molecule has 2 amide bonds. The standard InChI is InChI=1S/C21H27ClN4O3/c1-13(2)12-18(24-19(27)15-4-6-17(22)7-5-15)21(28)26-10-8-16(9-11-26)20-23-14(3)25-29-20/h4-7,13,16,18H,8-12H2,1-3H3,(H,24,27). The molecule has 2 aromatic rings. The largest absolute Gasteiger partial charge is 0.341 e. The third-order valence-corrected chi connectivity index (χ3v) is 5.37. The highest BCUT2D eigenvalue weighted by molar-refractivity contribution is 6.30. The van der Waals surface area contributed by atoms with Crippen LogP contribution >= 0.6 is 11.6 Å². The molecule has 2 heterocycles. The van der Waals surface area contributed by atoms with Gasteiger partial charge in [0.15, 0.2) is 5.82 Å². The molecule has 1 aromatic heterocycles. The molecule has 1 aromatic carbocycles. The van der Waals surface area contributed by atoms with Crippen molar-refractivity contribution in [1.29, 1.82) is 0 Å². The Kier molecular flexibility index (Phi) is 6.90. The zero-order valence-corrected chi connectivity index (χ0v) is 17.8. The average molecular weight is 419 g/mol. The molecule has 8 heteroatoms. The number of hydrogen-bond acceptors (Lipinski definition) is 5. The molecule has 1 unspecified atom stereocenters. The highest BCUT2D eigenvalue weighted by Crippen LogP contribution is 2.27. The van der Waals surface area contributed by atoms with Gasteiger partial charge < -0.3 is 14.7 Å². The first-order valence-corrected chi connectivity index (χ1v) is 10.4. The van der Waals surface area contributed by atoms with Crippen LogP contribution in [0.25, 0.3) is 0 Å². The number of piperidine rings is 1. The Morgan fingerprint density at radius 3 is 2.45 bits per heavy atom. The lowest BCUT2D eigenvalue weighted by Gasteiger charge is -2.33. The lowest BCUT2D eigenvalue weighted by Crippen LogP contribution is -2.51. The first-order valence-electron chi connectivity index (χ1n) is 9.99. The van der Waals surface area contributed by atoms with Gasteiger partial charge in [0.2, 0.25) is 11.8 Å². The van der Waals surface area contributed by atoms with E-state index in [1.807, 2.05) is 18.7 Å². The van der Waals surface area contributed by atoms with E-state index in [1.54, 1.807) is 31.2 Å².